The molecule has 2 aromatic carbocycles. The molecule has 0 fully saturated rings. The lowest BCUT2D eigenvalue weighted by Gasteiger charge is -2.10. The Bertz CT molecular complexity index is 896. The van der Waals surface area contributed by atoms with Crippen LogP contribution in [0.4, 0.5) is 5.69 Å². The highest BCUT2D eigenvalue weighted by Gasteiger charge is 2.13. The number of anilines is 1. The molecule has 6 nitrogen and oxygen atoms in total. The van der Waals surface area contributed by atoms with Gasteiger partial charge in [0.1, 0.15) is 5.75 Å². The third-order valence-electron chi connectivity index (χ3n) is 3.39. The summed E-state index contributed by atoms with van der Waals surface area (Å²) in [5.74, 6) is 0.523. The van der Waals surface area contributed by atoms with E-state index in [4.69, 9.17) is 4.74 Å². The van der Waals surface area contributed by atoms with Gasteiger partial charge in [-0.15, -0.1) is 5.10 Å². The summed E-state index contributed by atoms with van der Waals surface area (Å²) >= 11 is 4.69. The van der Waals surface area contributed by atoms with Crippen molar-refractivity contribution in [2.75, 3.05) is 12.4 Å². The molecule has 0 bridgehead atoms. The van der Waals surface area contributed by atoms with E-state index in [1.807, 2.05) is 31.3 Å². The van der Waals surface area contributed by atoms with Crippen LogP contribution in [0.3, 0.4) is 0 Å². The molecule has 3 aromatic rings. The molecule has 25 heavy (non-hydrogen) atoms. The molecule has 1 aromatic heterocycles. The molecule has 1 amide bonds. The van der Waals surface area contributed by atoms with E-state index in [1.165, 1.54) is 11.8 Å². The van der Waals surface area contributed by atoms with Gasteiger partial charge in [0.25, 0.3) is 5.91 Å². The highest BCUT2D eigenvalue weighted by Crippen LogP contribution is 2.32. The summed E-state index contributed by atoms with van der Waals surface area (Å²) in [5.41, 5.74) is 1.27. The number of hydrogen-bond donors (Lipinski definition) is 1. The molecule has 0 saturated carbocycles. The number of para-hydroxylation sites is 1. The van der Waals surface area contributed by atoms with Crippen LogP contribution in [0.1, 0.15) is 10.4 Å². The van der Waals surface area contributed by atoms with E-state index in [0.717, 1.165) is 10.1 Å². The fourth-order valence-electron chi connectivity index (χ4n) is 2.12. The van der Waals surface area contributed by atoms with E-state index in [2.05, 4.69) is 31.3 Å². The smallest absolute Gasteiger partial charge is 0.255 e. The average molecular weight is 419 g/mol. The highest BCUT2D eigenvalue weighted by atomic mass is 79.9. The fraction of sp³-hybridized carbons (Fsp3) is 0.118. The van der Waals surface area contributed by atoms with Gasteiger partial charge in [0, 0.05) is 17.5 Å². The first-order valence-electron chi connectivity index (χ1n) is 7.35. The molecule has 0 aliphatic carbocycles. The third kappa shape index (κ3) is 4.21. The number of nitrogens with zero attached hydrogens (tertiary/aromatic N) is 3. The normalized spacial score (nSPS) is 10.5. The van der Waals surface area contributed by atoms with Crippen molar-refractivity contribution in [3.05, 3.63) is 58.8 Å². The molecule has 0 spiro atoms. The SMILES string of the molecule is COc1ccc(C(=O)Nc2ccccc2Sc2nc(Br)nn2C)cc1. The zero-order chi connectivity index (χ0) is 17.8. The van der Waals surface area contributed by atoms with Crippen molar-refractivity contribution in [2.24, 2.45) is 7.05 Å². The van der Waals surface area contributed by atoms with Crippen LogP contribution in [0.25, 0.3) is 0 Å². The number of carbonyl (C=O) groups excluding carboxylic acids is 1. The number of carbonyl (C=O) groups is 1. The number of aryl methyl sites for hydroxylation is 1. The zero-order valence-corrected chi connectivity index (χ0v) is 16.0. The number of benzene rings is 2. The van der Waals surface area contributed by atoms with Crippen molar-refractivity contribution in [1.82, 2.24) is 14.8 Å². The van der Waals surface area contributed by atoms with Crippen LogP contribution < -0.4 is 10.1 Å². The summed E-state index contributed by atoms with van der Waals surface area (Å²) < 4.78 is 7.31. The zero-order valence-electron chi connectivity index (χ0n) is 13.6. The second-order valence-electron chi connectivity index (χ2n) is 5.07. The van der Waals surface area contributed by atoms with Gasteiger partial charge in [0.05, 0.1) is 12.8 Å². The Morgan fingerprint density at radius 1 is 1.20 bits per heavy atom. The van der Waals surface area contributed by atoms with E-state index in [1.54, 1.807) is 36.1 Å². The molecular weight excluding hydrogens is 404 g/mol. The largest absolute Gasteiger partial charge is 0.497 e. The van der Waals surface area contributed by atoms with Crippen LogP contribution in [0.5, 0.6) is 5.75 Å². The van der Waals surface area contributed by atoms with Crippen molar-refractivity contribution >= 4 is 39.3 Å². The monoisotopic (exact) mass is 418 g/mol. The Hall–Kier alpha value is -2.32. The van der Waals surface area contributed by atoms with Gasteiger partial charge in [0.2, 0.25) is 4.73 Å². The lowest BCUT2D eigenvalue weighted by atomic mass is 10.2. The minimum absolute atomic E-state index is 0.185. The molecule has 0 aliphatic rings. The van der Waals surface area contributed by atoms with Crippen LogP contribution >= 0.6 is 27.7 Å². The van der Waals surface area contributed by atoms with Gasteiger partial charge in [-0.25, -0.2) is 4.68 Å². The maximum absolute atomic E-state index is 12.5. The molecule has 3 rings (SSSR count). The van der Waals surface area contributed by atoms with Crippen LogP contribution in [0.2, 0.25) is 0 Å². The lowest BCUT2D eigenvalue weighted by Crippen LogP contribution is -2.12. The Labute approximate surface area is 157 Å². The van der Waals surface area contributed by atoms with Crippen molar-refractivity contribution < 1.29 is 9.53 Å². The molecule has 128 valence electrons. The molecule has 0 atom stereocenters. The van der Waals surface area contributed by atoms with Crippen LogP contribution in [0.15, 0.2) is 63.3 Å². The van der Waals surface area contributed by atoms with Gasteiger partial charge >= 0.3 is 0 Å². The van der Waals surface area contributed by atoms with E-state index < -0.39 is 0 Å². The Balaban J connectivity index is 1.80. The number of ether oxygens (including phenoxy) is 1. The standard InChI is InChI=1S/C17H15BrN4O2S/c1-22-17(20-16(18)21-22)25-14-6-4-3-5-13(14)19-15(23)11-7-9-12(24-2)10-8-11/h3-10H,1-2H3,(H,19,23). The number of aromatic nitrogens is 3. The summed E-state index contributed by atoms with van der Waals surface area (Å²) in [4.78, 5) is 17.7. The van der Waals surface area contributed by atoms with Crippen LogP contribution in [0, 0.1) is 0 Å². The maximum atomic E-state index is 12.5. The number of rotatable bonds is 5. The van der Waals surface area contributed by atoms with E-state index >= 15 is 0 Å². The Morgan fingerprint density at radius 3 is 2.56 bits per heavy atom. The van der Waals surface area contributed by atoms with Crippen molar-refractivity contribution in [1.29, 1.82) is 0 Å². The van der Waals surface area contributed by atoms with Gasteiger partial charge < -0.3 is 10.1 Å². The first-order valence-corrected chi connectivity index (χ1v) is 8.96. The van der Waals surface area contributed by atoms with E-state index in [9.17, 15) is 4.79 Å². The average Bonchev–Trinajstić information content (AvgIpc) is 2.94. The summed E-state index contributed by atoms with van der Waals surface area (Å²) in [7, 11) is 3.41. The van der Waals surface area contributed by atoms with Crippen LogP contribution in [-0.2, 0) is 7.05 Å². The molecule has 0 unspecified atom stereocenters. The number of halogens is 1. The molecule has 1 heterocycles. The van der Waals surface area contributed by atoms with Crippen molar-refractivity contribution in [2.45, 2.75) is 10.1 Å². The van der Waals surface area contributed by atoms with Crippen molar-refractivity contribution in [3.63, 3.8) is 0 Å². The van der Waals surface area contributed by atoms with Gasteiger partial charge in [-0.05, 0) is 64.1 Å². The molecule has 0 radical (unpaired) electrons. The van der Waals surface area contributed by atoms with E-state index in [0.29, 0.717) is 21.7 Å². The van der Waals surface area contributed by atoms with Gasteiger partial charge in [-0.3, -0.25) is 4.79 Å². The molecule has 1 N–H and O–H groups in total. The fourth-order valence-corrected chi connectivity index (χ4v) is 3.52. The summed E-state index contributed by atoms with van der Waals surface area (Å²) in [5, 5.41) is 7.83. The topological polar surface area (TPSA) is 69.0 Å². The number of hydrogen-bond acceptors (Lipinski definition) is 5. The summed E-state index contributed by atoms with van der Waals surface area (Å²) in [6.45, 7) is 0. The van der Waals surface area contributed by atoms with E-state index in [-0.39, 0.29) is 5.91 Å². The van der Waals surface area contributed by atoms with Gasteiger partial charge in [-0.2, -0.15) is 4.98 Å². The molecule has 0 saturated heterocycles. The van der Waals surface area contributed by atoms with Crippen LogP contribution in [-0.4, -0.2) is 27.8 Å². The van der Waals surface area contributed by atoms with Gasteiger partial charge in [0.15, 0.2) is 5.16 Å². The minimum atomic E-state index is -0.185. The number of nitrogens with one attached hydrogen (secondary N) is 1. The quantitative estimate of drug-likeness (QED) is 0.678. The molecular formula is C17H15BrN4O2S. The highest BCUT2D eigenvalue weighted by molar-refractivity contribution is 9.10. The van der Waals surface area contributed by atoms with Crippen molar-refractivity contribution in [3.8, 4) is 5.75 Å². The van der Waals surface area contributed by atoms with Gasteiger partial charge in [-0.1, -0.05) is 12.1 Å². The third-order valence-corrected chi connectivity index (χ3v) is 4.84. The summed E-state index contributed by atoms with van der Waals surface area (Å²) in [6.07, 6.45) is 0. The minimum Gasteiger partial charge on any atom is -0.497 e. The second-order valence-corrected chi connectivity index (χ2v) is 6.79. The molecule has 0 aliphatic heterocycles. The lowest BCUT2D eigenvalue weighted by molar-refractivity contribution is 0.102. The first-order chi connectivity index (χ1) is 12.1. The summed E-state index contributed by atoms with van der Waals surface area (Å²) in [6, 6.07) is 14.5. The Kier molecular flexibility index (Phi) is 5.40. The first kappa shape index (κ1) is 17.5. The maximum Gasteiger partial charge on any atom is 0.255 e. The Morgan fingerprint density at radius 2 is 1.92 bits per heavy atom. The number of methoxy groups -OCH3 is 1. The predicted molar refractivity (Wildman–Crippen MR) is 100 cm³/mol. The molecule has 8 heteroatoms. The number of amides is 1. The predicted octanol–water partition coefficient (Wildman–Crippen LogP) is 3.99. The second kappa shape index (κ2) is 7.71.